The third-order valence-corrected chi connectivity index (χ3v) is 3.00. The number of nitrogens with one attached hydrogen (secondary N) is 1. The number of hydrogen-bond donors (Lipinski definition) is 1. The van der Waals surface area contributed by atoms with Crippen LogP contribution in [0.3, 0.4) is 0 Å². The topological polar surface area (TPSA) is 68.3 Å². The number of carbonyl (C=O) groups excluding carboxylic acids is 2. The van der Waals surface area contributed by atoms with Gasteiger partial charge in [0.1, 0.15) is 5.69 Å². The van der Waals surface area contributed by atoms with Gasteiger partial charge in [-0.05, 0) is 17.7 Å². The van der Waals surface area contributed by atoms with Gasteiger partial charge in [0, 0.05) is 6.20 Å². The molecule has 1 N–H and O–H groups in total. The Morgan fingerprint density at radius 3 is 2.48 bits per heavy atom. The molecule has 0 unspecified atom stereocenters. The molecule has 0 saturated carbocycles. The van der Waals surface area contributed by atoms with Crippen LogP contribution in [0.4, 0.5) is 0 Å². The largest absolute Gasteiger partial charge is 0.469 e. The van der Waals surface area contributed by atoms with Crippen LogP contribution in [-0.4, -0.2) is 24.0 Å². The Morgan fingerprint density at radius 1 is 1.14 bits per heavy atom. The number of carbonyl (C=O) groups is 2. The van der Waals surface area contributed by atoms with Crippen molar-refractivity contribution in [2.75, 3.05) is 7.11 Å². The molecule has 0 saturated heterocycles. The number of amides is 1. The summed E-state index contributed by atoms with van der Waals surface area (Å²) >= 11 is 0. The van der Waals surface area contributed by atoms with E-state index in [1.54, 1.807) is 24.4 Å². The molecule has 5 heteroatoms. The van der Waals surface area contributed by atoms with Crippen molar-refractivity contribution in [2.24, 2.45) is 0 Å². The number of ether oxygens (including phenoxy) is 1. The molecule has 0 aliphatic heterocycles. The van der Waals surface area contributed by atoms with Crippen molar-refractivity contribution in [1.82, 2.24) is 10.3 Å². The molecular weight excluding hydrogens is 268 g/mol. The van der Waals surface area contributed by atoms with Crippen molar-refractivity contribution < 1.29 is 14.3 Å². The first-order valence-corrected chi connectivity index (χ1v) is 6.54. The van der Waals surface area contributed by atoms with Crippen molar-refractivity contribution in [3.8, 4) is 0 Å². The number of aromatic nitrogens is 1. The van der Waals surface area contributed by atoms with E-state index in [9.17, 15) is 9.59 Å². The number of pyridine rings is 1. The summed E-state index contributed by atoms with van der Waals surface area (Å²) in [6.45, 7) is 0. The van der Waals surface area contributed by atoms with E-state index in [0.29, 0.717) is 5.69 Å². The minimum absolute atomic E-state index is 0.0685. The van der Waals surface area contributed by atoms with Crippen molar-refractivity contribution in [1.29, 1.82) is 0 Å². The standard InChI is InChI=1S/C16H16N2O3/c1-21-15(19)11-14(12-7-3-2-4-8-12)18-16(20)13-9-5-6-10-17-13/h2-10,14H,11H2,1H3,(H,18,20)/t14-/m0/s1. The third kappa shape index (κ3) is 4.14. The number of hydrogen-bond acceptors (Lipinski definition) is 4. The second kappa shape index (κ2) is 7.19. The molecule has 1 atom stereocenters. The molecule has 0 aliphatic carbocycles. The van der Waals surface area contributed by atoms with Gasteiger partial charge in [-0.1, -0.05) is 36.4 Å². The lowest BCUT2D eigenvalue weighted by molar-refractivity contribution is -0.141. The molecule has 1 heterocycles. The molecule has 21 heavy (non-hydrogen) atoms. The quantitative estimate of drug-likeness (QED) is 0.854. The molecule has 2 rings (SSSR count). The highest BCUT2D eigenvalue weighted by molar-refractivity contribution is 5.92. The van der Waals surface area contributed by atoms with Gasteiger partial charge in [0.2, 0.25) is 0 Å². The van der Waals surface area contributed by atoms with E-state index >= 15 is 0 Å². The number of nitrogens with zero attached hydrogens (tertiary/aromatic N) is 1. The summed E-state index contributed by atoms with van der Waals surface area (Å²) < 4.78 is 4.68. The zero-order chi connectivity index (χ0) is 15.1. The Bertz CT molecular complexity index is 599. The van der Waals surface area contributed by atoms with Gasteiger partial charge >= 0.3 is 5.97 Å². The van der Waals surface area contributed by atoms with Crippen LogP contribution in [0.5, 0.6) is 0 Å². The lowest BCUT2D eigenvalue weighted by atomic mass is 10.0. The number of esters is 1. The third-order valence-electron chi connectivity index (χ3n) is 3.00. The van der Waals surface area contributed by atoms with Crippen molar-refractivity contribution >= 4 is 11.9 Å². The van der Waals surface area contributed by atoms with Gasteiger partial charge in [-0.2, -0.15) is 0 Å². The summed E-state index contributed by atoms with van der Waals surface area (Å²) in [4.78, 5) is 27.7. The molecule has 0 spiro atoms. The van der Waals surface area contributed by atoms with Crippen molar-refractivity contribution in [2.45, 2.75) is 12.5 Å². The first-order chi connectivity index (χ1) is 10.2. The maximum absolute atomic E-state index is 12.2. The predicted molar refractivity (Wildman–Crippen MR) is 77.5 cm³/mol. The first kappa shape index (κ1) is 14.7. The summed E-state index contributed by atoms with van der Waals surface area (Å²) in [6.07, 6.45) is 1.62. The second-order valence-electron chi connectivity index (χ2n) is 4.43. The van der Waals surface area contributed by atoms with E-state index < -0.39 is 6.04 Å². The second-order valence-corrected chi connectivity index (χ2v) is 4.43. The fourth-order valence-electron chi connectivity index (χ4n) is 1.92. The summed E-state index contributed by atoms with van der Waals surface area (Å²) in [5, 5.41) is 2.81. The molecule has 1 amide bonds. The van der Waals surface area contributed by atoms with Gasteiger partial charge < -0.3 is 10.1 Å². The highest BCUT2D eigenvalue weighted by Gasteiger charge is 2.19. The van der Waals surface area contributed by atoms with E-state index in [-0.39, 0.29) is 18.3 Å². The number of benzene rings is 1. The zero-order valence-corrected chi connectivity index (χ0v) is 11.7. The van der Waals surface area contributed by atoms with Crippen LogP contribution < -0.4 is 5.32 Å². The SMILES string of the molecule is COC(=O)C[C@H](NC(=O)c1ccccn1)c1ccccc1. The van der Waals surface area contributed by atoms with Crippen LogP contribution >= 0.6 is 0 Å². The molecule has 1 aromatic heterocycles. The van der Waals surface area contributed by atoms with Crippen LogP contribution in [0.25, 0.3) is 0 Å². The Kier molecular flexibility index (Phi) is 5.04. The van der Waals surface area contributed by atoms with Gasteiger partial charge in [-0.25, -0.2) is 0 Å². The predicted octanol–water partition coefficient (Wildman–Crippen LogP) is 2.12. The molecule has 0 fully saturated rings. The summed E-state index contributed by atoms with van der Waals surface area (Å²) in [5.74, 6) is -0.710. The fourth-order valence-corrected chi connectivity index (χ4v) is 1.92. The van der Waals surface area contributed by atoms with E-state index in [2.05, 4.69) is 15.0 Å². The molecule has 2 aromatic rings. The molecule has 0 bridgehead atoms. The lowest BCUT2D eigenvalue weighted by Crippen LogP contribution is -2.31. The zero-order valence-electron chi connectivity index (χ0n) is 11.7. The monoisotopic (exact) mass is 284 g/mol. The van der Waals surface area contributed by atoms with Gasteiger partial charge in [0.05, 0.1) is 19.6 Å². The van der Waals surface area contributed by atoms with E-state index in [1.165, 1.54) is 7.11 Å². The summed E-state index contributed by atoms with van der Waals surface area (Å²) in [5.41, 5.74) is 1.15. The Balaban J connectivity index is 2.16. The first-order valence-electron chi connectivity index (χ1n) is 6.54. The molecule has 108 valence electrons. The van der Waals surface area contributed by atoms with Crippen molar-refractivity contribution in [3.63, 3.8) is 0 Å². The Morgan fingerprint density at radius 2 is 1.86 bits per heavy atom. The van der Waals surface area contributed by atoms with E-state index in [0.717, 1.165) is 5.56 Å². The molecule has 0 aliphatic rings. The van der Waals surface area contributed by atoms with Gasteiger partial charge in [-0.15, -0.1) is 0 Å². The van der Waals surface area contributed by atoms with Crippen LogP contribution in [0, 0.1) is 0 Å². The normalized spacial score (nSPS) is 11.5. The van der Waals surface area contributed by atoms with Crippen LogP contribution in [0.1, 0.15) is 28.5 Å². The number of rotatable bonds is 5. The van der Waals surface area contributed by atoms with Gasteiger partial charge in [0.15, 0.2) is 0 Å². The van der Waals surface area contributed by atoms with Crippen LogP contribution in [0.2, 0.25) is 0 Å². The Labute approximate surface area is 123 Å². The Hall–Kier alpha value is -2.69. The molecule has 1 aromatic carbocycles. The maximum atomic E-state index is 12.2. The molecular formula is C16H16N2O3. The van der Waals surface area contributed by atoms with E-state index in [4.69, 9.17) is 0 Å². The number of methoxy groups -OCH3 is 1. The van der Waals surface area contributed by atoms with Crippen molar-refractivity contribution in [3.05, 3.63) is 66.0 Å². The highest BCUT2D eigenvalue weighted by atomic mass is 16.5. The highest BCUT2D eigenvalue weighted by Crippen LogP contribution is 2.17. The van der Waals surface area contributed by atoms with E-state index in [1.807, 2.05) is 30.3 Å². The molecule has 0 radical (unpaired) electrons. The fraction of sp³-hybridized carbons (Fsp3) is 0.188. The van der Waals surface area contributed by atoms with Gasteiger partial charge in [-0.3, -0.25) is 14.6 Å². The lowest BCUT2D eigenvalue weighted by Gasteiger charge is -2.18. The average Bonchev–Trinajstić information content (AvgIpc) is 2.55. The summed E-state index contributed by atoms with van der Waals surface area (Å²) in [7, 11) is 1.32. The minimum Gasteiger partial charge on any atom is -0.469 e. The maximum Gasteiger partial charge on any atom is 0.307 e. The average molecular weight is 284 g/mol. The van der Waals surface area contributed by atoms with Crippen LogP contribution in [-0.2, 0) is 9.53 Å². The molecule has 5 nitrogen and oxygen atoms in total. The smallest absolute Gasteiger partial charge is 0.307 e. The minimum atomic E-state index is -0.451. The summed E-state index contributed by atoms with van der Waals surface area (Å²) in [6, 6.07) is 13.9. The van der Waals surface area contributed by atoms with Gasteiger partial charge in [0.25, 0.3) is 5.91 Å². The van der Waals surface area contributed by atoms with Crippen LogP contribution in [0.15, 0.2) is 54.7 Å².